The molecule has 6 heteroatoms. The monoisotopic (exact) mass is 344 g/mol. The number of benzene rings is 2. The summed E-state index contributed by atoms with van der Waals surface area (Å²) in [5, 5.41) is 0. The van der Waals surface area contributed by atoms with E-state index in [2.05, 4.69) is 0 Å². The second-order valence-corrected chi connectivity index (χ2v) is 5.53. The molecule has 0 N–H and O–H groups in total. The summed E-state index contributed by atoms with van der Waals surface area (Å²) < 4.78 is 26.7. The van der Waals surface area contributed by atoms with Gasteiger partial charge in [0.25, 0.3) is 0 Å². The number of Topliss-reactive ketones (excluding diaryl/α,β-unsaturated/α-hetero) is 1. The Hall–Kier alpha value is -2.73. The lowest BCUT2D eigenvalue weighted by molar-refractivity contribution is 0.0727. The van der Waals surface area contributed by atoms with E-state index in [9.17, 15) is 4.79 Å². The molecule has 3 rings (SSSR count). The van der Waals surface area contributed by atoms with Crippen molar-refractivity contribution in [3.63, 3.8) is 0 Å². The van der Waals surface area contributed by atoms with Gasteiger partial charge in [-0.05, 0) is 29.8 Å². The van der Waals surface area contributed by atoms with Gasteiger partial charge in [0.1, 0.15) is 11.5 Å². The van der Waals surface area contributed by atoms with Gasteiger partial charge in [-0.3, -0.25) is 4.79 Å². The maximum atomic E-state index is 12.7. The number of hydrogen-bond donors (Lipinski definition) is 0. The van der Waals surface area contributed by atoms with Crippen molar-refractivity contribution in [1.82, 2.24) is 0 Å². The summed E-state index contributed by atoms with van der Waals surface area (Å²) in [5.74, 6) is 2.39. The summed E-state index contributed by atoms with van der Waals surface area (Å²) >= 11 is 0. The third-order valence-electron chi connectivity index (χ3n) is 4.13. The fourth-order valence-corrected chi connectivity index (χ4v) is 2.76. The van der Waals surface area contributed by atoms with Gasteiger partial charge < -0.3 is 23.7 Å². The second kappa shape index (κ2) is 7.44. The summed E-state index contributed by atoms with van der Waals surface area (Å²) in [5.41, 5.74) is 1.35. The van der Waals surface area contributed by atoms with Gasteiger partial charge in [-0.1, -0.05) is 6.07 Å². The maximum Gasteiger partial charge on any atom is 0.231 e. The number of hydrogen-bond acceptors (Lipinski definition) is 6. The Morgan fingerprint density at radius 2 is 1.84 bits per heavy atom. The zero-order valence-corrected chi connectivity index (χ0v) is 14.4. The normalized spacial score (nSPS) is 13.4. The zero-order chi connectivity index (χ0) is 17.8. The predicted molar refractivity (Wildman–Crippen MR) is 90.8 cm³/mol. The Labute approximate surface area is 146 Å². The largest absolute Gasteiger partial charge is 0.497 e. The molecule has 2 aromatic rings. The first kappa shape index (κ1) is 17.1. The molecule has 132 valence electrons. The predicted octanol–water partition coefficient (Wildman–Crippen LogP) is 3.39. The highest BCUT2D eigenvalue weighted by atomic mass is 16.7. The SMILES string of the molecule is COc1ccc(C(=O)C[C@@H](OC)c2ccc3c(c2)OCO3)c(OC)c1. The van der Waals surface area contributed by atoms with Crippen molar-refractivity contribution in [2.45, 2.75) is 12.5 Å². The molecular weight excluding hydrogens is 324 g/mol. The maximum absolute atomic E-state index is 12.7. The number of ketones is 1. The number of ether oxygens (including phenoxy) is 5. The molecule has 6 nitrogen and oxygen atoms in total. The first-order valence-electron chi connectivity index (χ1n) is 7.83. The van der Waals surface area contributed by atoms with E-state index in [0.717, 1.165) is 5.56 Å². The molecule has 0 aliphatic carbocycles. The van der Waals surface area contributed by atoms with Gasteiger partial charge in [-0.2, -0.15) is 0 Å². The zero-order valence-electron chi connectivity index (χ0n) is 14.4. The van der Waals surface area contributed by atoms with Crippen molar-refractivity contribution in [1.29, 1.82) is 0 Å². The van der Waals surface area contributed by atoms with Gasteiger partial charge in [0.15, 0.2) is 17.3 Å². The fourth-order valence-electron chi connectivity index (χ4n) is 2.76. The first-order chi connectivity index (χ1) is 12.2. The van der Waals surface area contributed by atoms with E-state index < -0.39 is 6.10 Å². The van der Waals surface area contributed by atoms with Gasteiger partial charge >= 0.3 is 0 Å². The van der Waals surface area contributed by atoms with E-state index in [4.69, 9.17) is 23.7 Å². The van der Waals surface area contributed by atoms with E-state index in [-0.39, 0.29) is 19.0 Å². The number of carbonyl (C=O) groups is 1. The molecule has 0 radical (unpaired) electrons. The van der Waals surface area contributed by atoms with Crippen molar-refractivity contribution < 1.29 is 28.5 Å². The van der Waals surface area contributed by atoms with Crippen LogP contribution in [0.5, 0.6) is 23.0 Å². The molecule has 0 amide bonds. The van der Waals surface area contributed by atoms with Crippen molar-refractivity contribution in [3.05, 3.63) is 47.5 Å². The number of fused-ring (bicyclic) bond motifs is 1. The Morgan fingerprint density at radius 1 is 1.04 bits per heavy atom. The Kier molecular flexibility index (Phi) is 5.09. The molecule has 25 heavy (non-hydrogen) atoms. The second-order valence-electron chi connectivity index (χ2n) is 5.53. The summed E-state index contributed by atoms with van der Waals surface area (Å²) in [6, 6.07) is 10.7. The summed E-state index contributed by atoms with van der Waals surface area (Å²) in [6.07, 6.45) is -0.215. The minimum Gasteiger partial charge on any atom is -0.497 e. The molecule has 0 aromatic heterocycles. The quantitative estimate of drug-likeness (QED) is 0.718. The highest BCUT2D eigenvalue weighted by molar-refractivity contribution is 5.99. The van der Waals surface area contributed by atoms with Crippen LogP contribution >= 0.6 is 0 Å². The van der Waals surface area contributed by atoms with Crippen LogP contribution < -0.4 is 18.9 Å². The van der Waals surface area contributed by atoms with Crippen LogP contribution in [0.15, 0.2) is 36.4 Å². The Bertz CT molecular complexity index is 771. The summed E-state index contributed by atoms with van der Waals surface area (Å²) in [4.78, 5) is 12.7. The molecule has 0 bridgehead atoms. The van der Waals surface area contributed by atoms with Crippen LogP contribution in [0.3, 0.4) is 0 Å². The fraction of sp³-hybridized carbons (Fsp3) is 0.316. The lowest BCUT2D eigenvalue weighted by Crippen LogP contribution is -2.10. The van der Waals surface area contributed by atoms with Crippen molar-refractivity contribution >= 4 is 5.78 Å². The van der Waals surface area contributed by atoms with Crippen LogP contribution in [0.4, 0.5) is 0 Å². The standard InChI is InChI=1S/C19H20O6/c1-21-13-5-6-14(18(9-13)23-3)15(20)10-17(22-2)12-4-7-16-19(8-12)25-11-24-16/h4-9,17H,10-11H2,1-3H3/t17-/m1/s1. The van der Waals surface area contributed by atoms with Crippen LogP contribution in [-0.2, 0) is 4.74 Å². The molecule has 0 fully saturated rings. The van der Waals surface area contributed by atoms with Gasteiger partial charge in [-0.15, -0.1) is 0 Å². The highest BCUT2D eigenvalue weighted by Crippen LogP contribution is 2.36. The molecule has 1 atom stereocenters. The van der Waals surface area contributed by atoms with E-state index in [1.165, 1.54) is 7.11 Å². The average molecular weight is 344 g/mol. The van der Waals surface area contributed by atoms with Crippen LogP contribution in [0.25, 0.3) is 0 Å². The highest BCUT2D eigenvalue weighted by Gasteiger charge is 2.22. The smallest absolute Gasteiger partial charge is 0.231 e. The molecule has 0 saturated carbocycles. The van der Waals surface area contributed by atoms with E-state index in [0.29, 0.717) is 28.6 Å². The van der Waals surface area contributed by atoms with Gasteiger partial charge in [0.05, 0.1) is 25.9 Å². The molecule has 0 saturated heterocycles. The van der Waals surface area contributed by atoms with E-state index in [1.807, 2.05) is 18.2 Å². The number of methoxy groups -OCH3 is 3. The van der Waals surface area contributed by atoms with Crippen molar-refractivity contribution in [2.75, 3.05) is 28.1 Å². The van der Waals surface area contributed by atoms with E-state index in [1.54, 1.807) is 32.4 Å². The topological polar surface area (TPSA) is 63.2 Å². The molecule has 1 aliphatic heterocycles. The Balaban J connectivity index is 1.81. The van der Waals surface area contributed by atoms with Gasteiger partial charge in [0.2, 0.25) is 6.79 Å². The molecule has 1 heterocycles. The van der Waals surface area contributed by atoms with E-state index >= 15 is 0 Å². The third-order valence-corrected chi connectivity index (χ3v) is 4.13. The van der Waals surface area contributed by atoms with Crippen molar-refractivity contribution in [3.8, 4) is 23.0 Å². The lowest BCUT2D eigenvalue weighted by Gasteiger charge is -2.17. The molecule has 2 aromatic carbocycles. The minimum atomic E-state index is -0.395. The number of carbonyl (C=O) groups excluding carboxylic acids is 1. The molecular formula is C19H20O6. The van der Waals surface area contributed by atoms with Gasteiger partial charge in [-0.25, -0.2) is 0 Å². The average Bonchev–Trinajstić information content (AvgIpc) is 3.13. The minimum absolute atomic E-state index is 0.0796. The molecule has 0 spiro atoms. The number of rotatable bonds is 7. The summed E-state index contributed by atoms with van der Waals surface area (Å²) in [7, 11) is 4.67. The lowest BCUT2D eigenvalue weighted by atomic mass is 9.99. The van der Waals surface area contributed by atoms with Gasteiger partial charge in [0, 0.05) is 19.6 Å². The van der Waals surface area contributed by atoms with Crippen molar-refractivity contribution in [2.24, 2.45) is 0 Å². The van der Waals surface area contributed by atoms with Crippen LogP contribution in [0.1, 0.15) is 28.4 Å². The third kappa shape index (κ3) is 3.53. The summed E-state index contributed by atoms with van der Waals surface area (Å²) in [6.45, 7) is 0.207. The van der Waals surface area contributed by atoms with Crippen LogP contribution in [0.2, 0.25) is 0 Å². The first-order valence-corrected chi connectivity index (χ1v) is 7.83. The molecule has 1 aliphatic rings. The van der Waals surface area contributed by atoms with Crippen LogP contribution in [-0.4, -0.2) is 33.9 Å². The Morgan fingerprint density at radius 3 is 2.56 bits per heavy atom. The van der Waals surface area contributed by atoms with Crippen LogP contribution in [0, 0.1) is 0 Å². The molecule has 0 unspecified atom stereocenters.